The summed E-state index contributed by atoms with van der Waals surface area (Å²) in [5, 5.41) is 13.6. The van der Waals surface area contributed by atoms with Crippen LogP contribution in [0, 0.1) is 0 Å². The van der Waals surface area contributed by atoms with Crippen molar-refractivity contribution in [2.24, 2.45) is 0 Å². The third kappa shape index (κ3) is 1.85. The van der Waals surface area contributed by atoms with E-state index >= 15 is 0 Å². The van der Waals surface area contributed by atoms with E-state index in [1.165, 1.54) is 11.3 Å². The van der Waals surface area contributed by atoms with E-state index in [4.69, 9.17) is 0 Å². The highest BCUT2D eigenvalue weighted by molar-refractivity contribution is 9.10. The van der Waals surface area contributed by atoms with E-state index in [0.29, 0.717) is 0 Å². The molecule has 0 bridgehead atoms. The summed E-state index contributed by atoms with van der Waals surface area (Å²) in [7, 11) is 0. The molecule has 0 N–H and O–H groups in total. The van der Waals surface area contributed by atoms with Gasteiger partial charge in [0.1, 0.15) is 5.01 Å². The van der Waals surface area contributed by atoms with Crippen molar-refractivity contribution in [1.82, 2.24) is 24.8 Å². The fourth-order valence-electron chi connectivity index (χ4n) is 1.52. The normalized spacial score (nSPS) is 11.2. The van der Waals surface area contributed by atoms with Crippen LogP contribution in [-0.4, -0.2) is 24.8 Å². The van der Waals surface area contributed by atoms with E-state index in [0.717, 1.165) is 32.2 Å². The molecule has 0 spiro atoms. The number of pyridine rings is 1. The Morgan fingerprint density at radius 2 is 2.24 bits per heavy atom. The maximum absolute atomic E-state index is 4.50. The SMILES string of the molecule is CCc1nnc2sc(-c3cncc(Br)c3)nn12. The fourth-order valence-corrected chi connectivity index (χ4v) is 2.73. The molecule has 0 amide bonds. The maximum Gasteiger partial charge on any atom is 0.234 e. The van der Waals surface area contributed by atoms with Crippen LogP contribution < -0.4 is 0 Å². The van der Waals surface area contributed by atoms with Gasteiger partial charge in [-0.25, -0.2) is 0 Å². The molecule has 0 aliphatic heterocycles. The number of halogens is 1. The van der Waals surface area contributed by atoms with Gasteiger partial charge in [-0.1, -0.05) is 18.3 Å². The molecule has 0 aromatic carbocycles. The zero-order chi connectivity index (χ0) is 11.8. The highest BCUT2D eigenvalue weighted by Crippen LogP contribution is 2.26. The Kier molecular flexibility index (Phi) is 2.64. The van der Waals surface area contributed by atoms with Crippen LogP contribution in [-0.2, 0) is 6.42 Å². The Balaban J connectivity index is 2.15. The second-order valence-corrected chi connectivity index (χ2v) is 5.33. The molecule has 0 unspecified atom stereocenters. The van der Waals surface area contributed by atoms with Gasteiger partial charge in [0.05, 0.1) is 0 Å². The van der Waals surface area contributed by atoms with E-state index in [9.17, 15) is 0 Å². The minimum absolute atomic E-state index is 0.817. The zero-order valence-electron chi connectivity index (χ0n) is 8.96. The predicted octanol–water partition coefficient (Wildman–Crippen LogP) is 2.57. The van der Waals surface area contributed by atoms with Gasteiger partial charge in [-0.15, -0.1) is 10.2 Å². The van der Waals surface area contributed by atoms with Crippen molar-refractivity contribution in [2.75, 3.05) is 0 Å². The fraction of sp³-hybridized carbons (Fsp3) is 0.200. The van der Waals surface area contributed by atoms with E-state index < -0.39 is 0 Å². The molecular formula is C10H8BrN5S. The second-order valence-electron chi connectivity index (χ2n) is 3.46. The molecule has 7 heteroatoms. The lowest BCUT2D eigenvalue weighted by Gasteiger charge is -1.94. The van der Waals surface area contributed by atoms with Crippen LogP contribution in [0.5, 0.6) is 0 Å². The molecule has 17 heavy (non-hydrogen) atoms. The van der Waals surface area contributed by atoms with E-state index in [-0.39, 0.29) is 0 Å². The molecule has 3 heterocycles. The van der Waals surface area contributed by atoms with Crippen molar-refractivity contribution in [2.45, 2.75) is 13.3 Å². The van der Waals surface area contributed by atoms with Crippen LogP contribution in [0.15, 0.2) is 22.9 Å². The monoisotopic (exact) mass is 309 g/mol. The first-order chi connectivity index (χ1) is 8.28. The third-order valence-corrected chi connectivity index (χ3v) is 3.71. The van der Waals surface area contributed by atoms with Crippen LogP contribution >= 0.6 is 27.3 Å². The molecular weight excluding hydrogens is 302 g/mol. The first-order valence-corrected chi connectivity index (χ1v) is 6.71. The van der Waals surface area contributed by atoms with E-state index in [2.05, 4.69) is 36.2 Å². The molecule has 0 radical (unpaired) electrons. The van der Waals surface area contributed by atoms with Crippen molar-refractivity contribution >= 4 is 32.2 Å². The molecule has 3 rings (SSSR count). The number of hydrogen-bond acceptors (Lipinski definition) is 5. The summed E-state index contributed by atoms with van der Waals surface area (Å²) in [5.74, 6) is 0.880. The summed E-state index contributed by atoms with van der Waals surface area (Å²) in [4.78, 5) is 4.95. The van der Waals surface area contributed by atoms with Gasteiger partial charge in [0.25, 0.3) is 0 Å². The summed E-state index contributed by atoms with van der Waals surface area (Å²) in [6.07, 6.45) is 4.37. The van der Waals surface area contributed by atoms with Crippen LogP contribution in [0.2, 0.25) is 0 Å². The Morgan fingerprint density at radius 1 is 1.35 bits per heavy atom. The third-order valence-electron chi connectivity index (χ3n) is 2.32. The summed E-state index contributed by atoms with van der Waals surface area (Å²) in [6, 6.07) is 1.99. The maximum atomic E-state index is 4.50. The summed E-state index contributed by atoms with van der Waals surface area (Å²) >= 11 is 4.91. The molecule has 0 fully saturated rings. The number of aromatic nitrogens is 5. The highest BCUT2D eigenvalue weighted by Gasteiger charge is 2.11. The van der Waals surface area contributed by atoms with Gasteiger partial charge in [-0.05, 0) is 22.0 Å². The first-order valence-electron chi connectivity index (χ1n) is 5.10. The minimum Gasteiger partial charge on any atom is -0.263 e. The molecule has 0 aliphatic carbocycles. The smallest absolute Gasteiger partial charge is 0.234 e. The van der Waals surface area contributed by atoms with Crippen LogP contribution in [0.1, 0.15) is 12.7 Å². The lowest BCUT2D eigenvalue weighted by atomic mass is 10.3. The van der Waals surface area contributed by atoms with Crippen molar-refractivity contribution in [3.8, 4) is 10.6 Å². The van der Waals surface area contributed by atoms with E-state index in [1.807, 2.05) is 13.0 Å². The highest BCUT2D eigenvalue weighted by atomic mass is 79.9. The Bertz CT molecular complexity index is 674. The quantitative estimate of drug-likeness (QED) is 0.730. The largest absolute Gasteiger partial charge is 0.263 e. The average molecular weight is 310 g/mol. The number of aryl methyl sites for hydroxylation is 1. The van der Waals surface area contributed by atoms with Gasteiger partial charge in [0, 0.05) is 28.9 Å². The molecule has 0 atom stereocenters. The molecule has 0 saturated carbocycles. The minimum atomic E-state index is 0.817. The van der Waals surface area contributed by atoms with Crippen molar-refractivity contribution in [3.05, 3.63) is 28.8 Å². The van der Waals surface area contributed by atoms with Crippen molar-refractivity contribution in [3.63, 3.8) is 0 Å². The van der Waals surface area contributed by atoms with Crippen LogP contribution in [0.3, 0.4) is 0 Å². The molecule has 5 nitrogen and oxygen atoms in total. The Hall–Kier alpha value is -1.34. The number of rotatable bonds is 2. The number of fused-ring (bicyclic) bond motifs is 1. The summed E-state index contributed by atoms with van der Waals surface area (Å²) < 4.78 is 2.73. The molecule has 3 aromatic rings. The van der Waals surface area contributed by atoms with Gasteiger partial charge in [-0.2, -0.15) is 9.61 Å². The summed E-state index contributed by atoms with van der Waals surface area (Å²) in [6.45, 7) is 2.04. The molecule has 0 aliphatic rings. The van der Waals surface area contributed by atoms with Gasteiger partial charge in [0.15, 0.2) is 5.82 Å². The van der Waals surface area contributed by atoms with Gasteiger partial charge in [0.2, 0.25) is 4.96 Å². The second kappa shape index (κ2) is 4.15. The Morgan fingerprint density at radius 3 is 3.00 bits per heavy atom. The number of hydrogen-bond donors (Lipinski definition) is 0. The molecule has 0 saturated heterocycles. The standard InChI is InChI=1S/C10H8BrN5S/c1-2-8-13-14-10-16(8)15-9(17-10)6-3-7(11)5-12-4-6/h3-5H,2H2,1H3. The van der Waals surface area contributed by atoms with E-state index in [1.54, 1.807) is 16.9 Å². The van der Waals surface area contributed by atoms with Crippen LogP contribution in [0.25, 0.3) is 15.5 Å². The summed E-state index contributed by atoms with van der Waals surface area (Å²) in [5.41, 5.74) is 0.983. The van der Waals surface area contributed by atoms with Crippen molar-refractivity contribution < 1.29 is 0 Å². The van der Waals surface area contributed by atoms with Crippen molar-refractivity contribution in [1.29, 1.82) is 0 Å². The topological polar surface area (TPSA) is 56.0 Å². The molecule has 86 valence electrons. The van der Waals surface area contributed by atoms with Gasteiger partial charge < -0.3 is 0 Å². The van der Waals surface area contributed by atoms with Gasteiger partial charge >= 0.3 is 0 Å². The lowest BCUT2D eigenvalue weighted by Crippen LogP contribution is -1.93. The molecule has 3 aromatic heterocycles. The van der Waals surface area contributed by atoms with Crippen LogP contribution in [0.4, 0.5) is 0 Å². The average Bonchev–Trinajstić information content (AvgIpc) is 2.87. The first kappa shape index (κ1) is 10.8. The lowest BCUT2D eigenvalue weighted by molar-refractivity contribution is 0.837. The number of nitrogens with zero attached hydrogens (tertiary/aromatic N) is 5. The zero-order valence-corrected chi connectivity index (χ0v) is 11.4. The Labute approximate surface area is 110 Å². The van der Waals surface area contributed by atoms with Gasteiger partial charge in [-0.3, -0.25) is 4.98 Å². The predicted molar refractivity (Wildman–Crippen MR) is 69.0 cm³/mol.